The van der Waals surface area contributed by atoms with Crippen molar-refractivity contribution in [3.8, 4) is 5.75 Å². The maximum absolute atomic E-state index is 11.2. The number of ether oxygens (including phenoxy) is 2. The summed E-state index contributed by atoms with van der Waals surface area (Å²) in [6, 6.07) is 6.96. The van der Waals surface area contributed by atoms with Crippen molar-refractivity contribution in [2.24, 2.45) is 0 Å². The Bertz CT molecular complexity index is 462. The van der Waals surface area contributed by atoms with E-state index in [9.17, 15) is 9.59 Å². The lowest BCUT2D eigenvalue weighted by atomic mass is 10.1. The summed E-state index contributed by atoms with van der Waals surface area (Å²) in [5, 5.41) is 2.58. The third-order valence-corrected chi connectivity index (χ3v) is 2.18. The van der Waals surface area contributed by atoms with Crippen LogP contribution in [0, 0.1) is 0 Å². The number of amides is 1. The number of carbonyl (C=O) groups excluding carboxylic acids is 2. The predicted octanol–water partition coefficient (Wildman–Crippen LogP) is 1.35. The molecule has 0 aliphatic carbocycles. The van der Waals surface area contributed by atoms with Crippen LogP contribution in [0.25, 0.3) is 5.70 Å². The van der Waals surface area contributed by atoms with E-state index in [0.717, 1.165) is 0 Å². The molecule has 0 aliphatic heterocycles. The minimum absolute atomic E-state index is 0.263. The van der Waals surface area contributed by atoms with Crippen LogP contribution in [0.3, 0.4) is 0 Å². The van der Waals surface area contributed by atoms with Crippen LogP contribution in [0.4, 0.5) is 0 Å². The highest BCUT2D eigenvalue weighted by molar-refractivity contribution is 5.95. The Balaban J connectivity index is 3.04. The quantitative estimate of drug-likeness (QED) is 0.646. The average molecular weight is 249 g/mol. The number of hydrogen-bond donors (Lipinski definition) is 1. The van der Waals surface area contributed by atoms with Gasteiger partial charge < -0.3 is 14.8 Å². The minimum atomic E-state index is -0.533. The van der Waals surface area contributed by atoms with Gasteiger partial charge in [0.05, 0.1) is 19.9 Å². The van der Waals surface area contributed by atoms with Gasteiger partial charge in [-0.1, -0.05) is 0 Å². The van der Waals surface area contributed by atoms with Gasteiger partial charge in [-0.15, -0.1) is 0 Å². The fourth-order valence-electron chi connectivity index (χ4n) is 1.33. The molecule has 0 fully saturated rings. The number of esters is 1. The minimum Gasteiger partial charge on any atom is -0.497 e. The van der Waals surface area contributed by atoms with Crippen molar-refractivity contribution in [3.05, 3.63) is 35.9 Å². The van der Waals surface area contributed by atoms with E-state index in [0.29, 0.717) is 17.0 Å². The summed E-state index contributed by atoms with van der Waals surface area (Å²) in [6.07, 6.45) is 1.23. The first-order valence-corrected chi connectivity index (χ1v) is 5.28. The largest absolute Gasteiger partial charge is 0.497 e. The van der Waals surface area contributed by atoms with Crippen LogP contribution in [-0.4, -0.2) is 26.1 Å². The normalized spacial score (nSPS) is 10.7. The first-order valence-electron chi connectivity index (χ1n) is 5.28. The van der Waals surface area contributed by atoms with Gasteiger partial charge in [0.1, 0.15) is 5.75 Å². The second kappa shape index (κ2) is 6.44. The third kappa shape index (κ3) is 3.93. The lowest BCUT2D eigenvalue weighted by Crippen LogP contribution is -2.19. The van der Waals surface area contributed by atoms with Gasteiger partial charge in [-0.2, -0.15) is 0 Å². The maximum Gasteiger partial charge on any atom is 0.332 e. The Morgan fingerprint density at radius 3 is 2.22 bits per heavy atom. The van der Waals surface area contributed by atoms with Gasteiger partial charge >= 0.3 is 5.97 Å². The summed E-state index contributed by atoms with van der Waals surface area (Å²) in [5.74, 6) is -0.102. The summed E-state index contributed by atoms with van der Waals surface area (Å²) < 4.78 is 9.57. The molecule has 0 aliphatic rings. The lowest BCUT2D eigenvalue weighted by Gasteiger charge is -2.09. The fourth-order valence-corrected chi connectivity index (χ4v) is 1.33. The van der Waals surface area contributed by atoms with Gasteiger partial charge in [-0.25, -0.2) is 4.79 Å². The van der Waals surface area contributed by atoms with E-state index in [2.05, 4.69) is 10.1 Å². The van der Waals surface area contributed by atoms with E-state index in [1.807, 2.05) is 0 Å². The average Bonchev–Trinajstić information content (AvgIpc) is 2.37. The molecule has 0 spiro atoms. The molecule has 1 N–H and O–H groups in total. The van der Waals surface area contributed by atoms with E-state index in [1.54, 1.807) is 31.4 Å². The fraction of sp³-hybridized carbons (Fsp3) is 0.231. The first kappa shape index (κ1) is 13.8. The molecule has 1 aromatic carbocycles. The molecule has 1 amide bonds. The van der Waals surface area contributed by atoms with Crippen LogP contribution in [0.2, 0.25) is 0 Å². The summed E-state index contributed by atoms with van der Waals surface area (Å²) in [5.41, 5.74) is 1.08. The molecule has 0 atom stereocenters. The van der Waals surface area contributed by atoms with Gasteiger partial charge in [-0.3, -0.25) is 4.79 Å². The number of methoxy groups -OCH3 is 2. The molecule has 5 nitrogen and oxygen atoms in total. The van der Waals surface area contributed by atoms with Crippen LogP contribution in [-0.2, 0) is 14.3 Å². The van der Waals surface area contributed by atoms with Crippen LogP contribution in [0.5, 0.6) is 5.75 Å². The van der Waals surface area contributed by atoms with E-state index in [1.165, 1.54) is 20.1 Å². The molecule has 0 heterocycles. The van der Waals surface area contributed by atoms with Crippen LogP contribution >= 0.6 is 0 Å². The monoisotopic (exact) mass is 249 g/mol. The van der Waals surface area contributed by atoms with E-state index < -0.39 is 5.97 Å². The van der Waals surface area contributed by atoms with Crippen molar-refractivity contribution in [3.63, 3.8) is 0 Å². The SMILES string of the molecule is COC(=O)/C=C(\NC(C)=O)c1ccc(OC)cc1. The van der Waals surface area contributed by atoms with Crippen molar-refractivity contribution >= 4 is 17.6 Å². The van der Waals surface area contributed by atoms with Gasteiger partial charge in [0.25, 0.3) is 0 Å². The zero-order valence-corrected chi connectivity index (χ0v) is 10.5. The molecule has 0 bridgehead atoms. The standard InChI is InChI=1S/C13H15NO4/c1-9(15)14-12(8-13(16)18-3)10-4-6-11(17-2)7-5-10/h4-8H,1-3H3,(H,14,15)/b12-8-. The molecule has 0 saturated carbocycles. The molecule has 0 unspecified atom stereocenters. The van der Waals surface area contributed by atoms with E-state index in [4.69, 9.17) is 4.74 Å². The zero-order valence-electron chi connectivity index (χ0n) is 10.5. The molecule has 0 radical (unpaired) electrons. The molecule has 1 aromatic rings. The lowest BCUT2D eigenvalue weighted by molar-refractivity contribution is -0.134. The maximum atomic E-state index is 11.2. The first-order chi connectivity index (χ1) is 8.56. The predicted molar refractivity (Wildman–Crippen MR) is 66.8 cm³/mol. The highest BCUT2D eigenvalue weighted by atomic mass is 16.5. The molecular formula is C13H15NO4. The Morgan fingerprint density at radius 1 is 1.17 bits per heavy atom. The van der Waals surface area contributed by atoms with Crippen LogP contribution in [0.15, 0.2) is 30.3 Å². The molecular weight excluding hydrogens is 234 g/mol. The number of nitrogens with one attached hydrogen (secondary N) is 1. The van der Waals surface area contributed by atoms with E-state index in [-0.39, 0.29) is 5.91 Å². The highest BCUT2D eigenvalue weighted by Crippen LogP contribution is 2.17. The number of hydrogen-bond acceptors (Lipinski definition) is 4. The van der Waals surface area contributed by atoms with Gasteiger partial charge in [-0.05, 0) is 29.8 Å². The third-order valence-electron chi connectivity index (χ3n) is 2.18. The van der Waals surface area contributed by atoms with Crippen molar-refractivity contribution in [1.82, 2.24) is 5.32 Å². The molecule has 1 rings (SSSR count). The van der Waals surface area contributed by atoms with Gasteiger partial charge in [0.15, 0.2) is 0 Å². The summed E-state index contributed by atoms with van der Waals surface area (Å²) >= 11 is 0. The number of benzene rings is 1. The number of rotatable bonds is 4. The molecule has 18 heavy (non-hydrogen) atoms. The molecule has 5 heteroatoms. The Kier molecular flexibility index (Phi) is 4.92. The van der Waals surface area contributed by atoms with Crippen molar-refractivity contribution in [2.75, 3.05) is 14.2 Å². The molecule has 0 aromatic heterocycles. The van der Waals surface area contributed by atoms with E-state index >= 15 is 0 Å². The topological polar surface area (TPSA) is 64.6 Å². The molecule has 96 valence electrons. The smallest absolute Gasteiger partial charge is 0.332 e. The van der Waals surface area contributed by atoms with Gasteiger partial charge in [0.2, 0.25) is 5.91 Å². The second-order valence-electron chi connectivity index (χ2n) is 3.49. The van der Waals surface area contributed by atoms with Crippen LogP contribution < -0.4 is 10.1 Å². The Hall–Kier alpha value is -2.30. The van der Waals surface area contributed by atoms with Gasteiger partial charge in [0, 0.05) is 13.0 Å². The number of carbonyl (C=O) groups is 2. The Morgan fingerprint density at radius 2 is 1.78 bits per heavy atom. The van der Waals surface area contributed by atoms with Crippen LogP contribution in [0.1, 0.15) is 12.5 Å². The summed E-state index contributed by atoms with van der Waals surface area (Å²) in [4.78, 5) is 22.3. The molecule has 0 saturated heterocycles. The summed E-state index contributed by atoms with van der Waals surface area (Å²) in [7, 11) is 2.84. The second-order valence-corrected chi connectivity index (χ2v) is 3.49. The zero-order chi connectivity index (χ0) is 13.5. The van der Waals surface area contributed by atoms with Crippen molar-refractivity contribution in [1.29, 1.82) is 0 Å². The van der Waals surface area contributed by atoms with Crippen molar-refractivity contribution < 1.29 is 19.1 Å². The Labute approximate surface area is 105 Å². The highest BCUT2D eigenvalue weighted by Gasteiger charge is 2.07. The van der Waals surface area contributed by atoms with Crippen molar-refractivity contribution in [2.45, 2.75) is 6.92 Å². The summed E-state index contributed by atoms with van der Waals surface area (Å²) in [6.45, 7) is 1.37.